The Labute approximate surface area is 154 Å². The maximum atomic E-state index is 12.6. The normalized spacial score (nSPS) is 20.8. The number of benzene rings is 1. The molecule has 26 heavy (non-hydrogen) atoms. The van der Waals surface area contributed by atoms with Gasteiger partial charge in [-0.15, -0.1) is 0 Å². The van der Waals surface area contributed by atoms with E-state index in [9.17, 15) is 4.79 Å². The summed E-state index contributed by atoms with van der Waals surface area (Å²) in [6, 6.07) is 9.86. The zero-order chi connectivity index (χ0) is 18.1. The molecule has 1 aromatic heterocycles. The van der Waals surface area contributed by atoms with Crippen LogP contribution in [0.1, 0.15) is 47.9 Å². The Balaban J connectivity index is 1.34. The highest BCUT2D eigenvalue weighted by Gasteiger charge is 2.27. The quantitative estimate of drug-likeness (QED) is 0.870. The van der Waals surface area contributed by atoms with Gasteiger partial charge in [-0.25, -0.2) is 0 Å². The number of aromatic nitrogens is 1. The predicted octanol–water partition coefficient (Wildman–Crippen LogP) is 2.66. The maximum absolute atomic E-state index is 12.6. The third-order valence-electron chi connectivity index (χ3n) is 5.39. The number of anilines is 1. The largest absolute Gasteiger partial charge is 0.368 e. The molecule has 5 nitrogen and oxygen atoms in total. The summed E-state index contributed by atoms with van der Waals surface area (Å²) in [4.78, 5) is 19.1. The van der Waals surface area contributed by atoms with E-state index in [1.54, 1.807) is 0 Å². The standard InChI is InChI=1S/C21H26N4O/c1-14-10-19(12-23-11-14)25-9-8-18(13-25)24-21(26)20(22)17-6-4-16(5-7-17)15-2-3-15/h4-7,10-12,15,18,20H,2-3,8-9,13,22H2,1H3,(H,24,26)/t18-,20?/m1/s1. The molecule has 1 saturated heterocycles. The van der Waals surface area contributed by atoms with Gasteiger partial charge in [0.25, 0.3) is 0 Å². The number of hydrogen-bond donors (Lipinski definition) is 2. The van der Waals surface area contributed by atoms with Crippen molar-refractivity contribution in [1.29, 1.82) is 0 Å². The number of aryl methyl sites for hydroxylation is 1. The molecule has 1 aromatic carbocycles. The summed E-state index contributed by atoms with van der Waals surface area (Å²) >= 11 is 0. The van der Waals surface area contributed by atoms with Crippen LogP contribution in [-0.2, 0) is 4.79 Å². The van der Waals surface area contributed by atoms with E-state index in [1.165, 1.54) is 18.4 Å². The van der Waals surface area contributed by atoms with Gasteiger partial charge >= 0.3 is 0 Å². The van der Waals surface area contributed by atoms with Crippen LogP contribution in [-0.4, -0.2) is 30.0 Å². The minimum atomic E-state index is -0.613. The molecule has 4 rings (SSSR count). The van der Waals surface area contributed by atoms with E-state index in [1.807, 2.05) is 31.5 Å². The minimum absolute atomic E-state index is 0.0987. The van der Waals surface area contributed by atoms with Crippen molar-refractivity contribution in [2.24, 2.45) is 5.73 Å². The number of amides is 1. The van der Waals surface area contributed by atoms with E-state index in [4.69, 9.17) is 5.73 Å². The number of carbonyl (C=O) groups excluding carboxylic acids is 1. The molecular weight excluding hydrogens is 324 g/mol. The summed E-state index contributed by atoms with van der Waals surface area (Å²) < 4.78 is 0. The van der Waals surface area contributed by atoms with Crippen LogP contribution in [0.4, 0.5) is 5.69 Å². The number of nitrogens with one attached hydrogen (secondary N) is 1. The molecule has 2 aromatic rings. The lowest BCUT2D eigenvalue weighted by Crippen LogP contribution is -2.42. The summed E-state index contributed by atoms with van der Waals surface area (Å²) in [6.45, 7) is 3.75. The first-order valence-electron chi connectivity index (χ1n) is 9.42. The van der Waals surface area contributed by atoms with E-state index in [0.29, 0.717) is 0 Å². The number of carbonyl (C=O) groups is 1. The van der Waals surface area contributed by atoms with Gasteiger partial charge in [0.15, 0.2) is 0 Å². The first kappa shape index (κ1) is 17.0. The van der Waals surface area contributed by atoms with E-state index in [2.05, 4.69) is 33.4 Å². The molecule has 1 unspecified atom stereocenters. The second kappa shape index (κ2) is 7.08. The number of rotatable bonds is 5. The predicted molar refractivity (Wildman–Crippen MR) is 103 cm³/mol. The van der Waals surface area contributed by atoms with Crippen LogP contribution in [0, 0.1) is 6.92 Å². The fraction of sp³-hybridized carbons (Fsp3) is 0.429. The van der Waals surface area contributed by atoms with Gasteiger partial charge in [0, 0.05) is 25.3 Å². The SMILES string of the molecule is Cc1cncc(N2CC[C@@H](NC(=O)C(N)c3ccc(C4CC4)cc3)C2)c1. The highest BCUT2D eigenvalue weighted by Crippen LogP contribution is 2.40. The third kappa shape index (κ3) is 3.73. The van der Waals surface area contributed by atoms with Crippen molar-refractivity contribution in [3.8, 4) is 0 Å². The summed E-state index contributed by atoms with van der Waals surface area (Å²) in [5.74, 6) is 0.619. The Kier molecular flexibility index (Phi) is 4.64. The minimum Gasteiger partial charge on any atom is -0.368 e. The molecule has 0 spiro atoms. The maximum Gasteiger partial charge on any atom is 0.241 e. The lowest BCUT2D eigenvalue weighted by molar-refractivity contribution is -0.123. The molecule has 0 radical (unpaired) electrons. The van der Waals surface area contributed by atoms with Gasteiger partial charge in [-0.3, -0.25) is 9.78 Å². The Hall–Kier alpha value is -2.40. The van der Waals surface area contributed by atoms with E-state index in [-0.39, 0.29) is 11.9 Å². The van der Waals surface area contributed by atoms with Crippen molar-refractivity contribution < 1.29 is 4.79 Å². The fourth-order valence-electron chi connectivity index (χ4n) is 3.66. The number of nitrogens with zero attached hydrogens (tertiary/aromatic N) is 2. The van der Waals surface area contributed by atoms with Gasteiger partial charge in [-0.1, -0.05) is 24.3 Å². The Morgan fingerprint density at radius 1 is 1.23 bits per heavy atom. The van der Waals surface area contributed by atoms with E-state index >= 15 is 0 Å². The van der Waals surface area contributed by atoms with Gasteiger partial charge in [0.2, 0.25) is 5.91 Å². The third-order valence-corrected chi connectivity index (χ3v) is 5.39. The molecule has 2 aliphatic rings. The average molecular weight is 350 g/mol. The summed E-state index contributed by atoms with van der Waals surface area (Å²) in [5, 5.41) is 3.12. The molecule has 1 amide bonds. The highest BCUT2D eigenvalue weighted by molar-refractivity contribution is 5.83. The van der Waals surface area contributed by atoms with Crippen molar-refractivity contribution >= 4 is 11.6 Å². The molecule has 136 valence electrons. The monoisotopic (exact) mass is 350 g/mol. The second-order valence-corrected chi connectivity index (χ2v) is 7.58. The van der Waals surface area contributed by atoms with Gasteiger partial charge in [0.1, 0.15) is 6.04 Å². The summed E-state index contributed by atoms with van der Waals surface area (Å²) in [6.07, 6.45) is 7.21. The highest BCUT2D eigenvalue weighted by atomic mass is 16.2. The topological polar surface area (TPSA) is 71.2 Å². The van der Waals surface area contributed by atoms with E-state index < -0.39 is 6.04 Å². The molecule has 2 fully saturated rings. The van der Waals surface area contributed by atoms with Gasteiger partial charge in [-0.05, 0) is 54.9 Å². The van der Waals surface area contributed by atoms with Crippen molar-refractivity contribution in [3.63, 3.8) is 0 Å². The smallest absolute Gasteiger partial charge is 0.241 e. The number of nitrogens with two attached hydrogens (primary N) is 1. The zero-order valence-electron chi connectivity index (χ0n) is 15.2. The Morgan fingerprint density at radius 2 is 2.00 bits per heavy atom. The lowest BCUT2D eigenvalue weighted by Gasteiger charge is -2.20. The van der Waals surface area contributed by atoms with Crippen LogP contribution >= 0.6 is 0 Å². The van der Waals surface area contributed by atoms with Crippen molar-refractivity contribution in [3.05, 3.63) is 59.4 Å². The molecule has 0 bridgehead atoms. The molecule has 1 saturated carbocycles. The van der Waals surface area contributed by atoms with Crippen LogP contribution < -0.4 is 16.0 Å². The molecular formula is C21H26N4O. The fourth-order valence-corrected chi connectivity index (χ4v) is 3.66. The molecule has 1 aliphatic heterocycles. The second-order valence-electron chi connectivity index (χ2n) is 7.58. The van der Waals surface area contributed by atoms with Crippen molar-refractivity contribution in [2.75, 3.05) is 18.0 Å². The van der Waals surface area contributed by atoms with Gasteiger partial charge in [0.05, 0.1) is 11.9 Å². The zero-order valence-corrected chi connectivity index (χ0v) is 15.2. The van der Waals surface area contributed by atoms with Crippen LogP contribution in [0.5, 0.6) is 0 Å². The van der Waals surface area contributed by atoms with Gasteiger partial charge in [-0.2, -0.15) is 0 Å². The molecule has 2 heterocycles. The molecule has 1 aliphatic carbocycles. The number of hydrogen-bond acceptors (Lipinski definition) is 4. The molecule has 2 atom stereocenters. The van der Waals surface area contributed by atoms with Gasteiger partial charge < -0.3 is 16.0 Å². The van der Waals surface area contributed by atoms with Crippen LogP contribution in [0.25, 0.3) is 0 Å². The first-order chi connectivity index (χ1) is 12.6. The molecule has 3 N–H and O–H groups in total. The first-order valence-corrected chi connectivity index (χ1v) is 9.42. The van der Waals surface area contributed by atoms with Crippen LogP contribution in [0.2, 0.25) is 0 Å². The Bertz CT molecular complexity index is 785. The summed E-state index contributed by atoms with van der Waals surface area (Å²) in [5.41, 5.74) is 10.7. The average Bonchev–Trinajstić information content (AvgIpc) is 3.40. The lowest BCUT2D eigenvalue weighted by atomic mass is 10.0. The van der Waals surface area contributed by atoms with Crippen LogP contribution in [0.3, 0.4) is 0 Å². The van der Waals surface area contributed by atoms with E-state index in [0.717, 1.165) is 42.2 Å². The Morgan fingerprint density at radius 3 is 2.69 bits per heavy atom. The summed E-state index contributed by atoms with van der Waals surface area (Å²) in [7, 11) is 0. The van der Waals surface area contributed by atoms with Crippen molar-refractivity contribution in [2.45, 2.75) is 44.2 Å². The van der Waals surface area contributed by atoms with Crippen molar-refractivity contribution in [1.82, 2.24) is 10.3 Å². The number of pyridine rings is 1. The molecule has 5 heteroatoms. The van der Waals surface area contributed by atoms with Crippen LogP contribution in [0.15, 0.2) is 42.7 Å².